The van der Waals surface area contributed by atoms with Crippen molar-refractivity contribution in [2.45, 2.75) is 135 Å². The third-order valence-corrected chi connectivity index (χ3v) is 13.3. The Morgan fingerprint density at radius 3 is 2.27 bits per heavy atom. The summed E-state index contributed by atoms with van der Waals surface area (Å²) in [6.07, 6.45) is 6.61. The summed E-state index contributed by atoms with van der Waals surface area (Å²) in [4.78, 5) is 24.2. The number of aliphatic hydroxyl groups is 3. The molecule has 1 aromatic carbocycles. The highest BCUT2D eigenvalue weighted by Crippen LogP contribution is 2.37. The molecule has 0 spiro atoms. The summed E-state index contributed by atoms with van der Waals surface area (Å²) in [6, 6.07) is 4.45. The Bertz CT molecular complexity index is 1840. The number of rotatable bonds is 12. The van der Waals surface area contributed by atoms with Gasteiger partial charge in [0, 0.05) is 55.3 Å². The van der Waals surface area contributed by atoms with E-state index in [-0.39, 0.29) is 40.5 Å². The number of ether oxygens (including phenoxy) is 4. The molecular formula is C45H67NO13S. The standard InChI is InChI=1S/C45H67NO13S/c1-12-15-36-30(7)39(59-60(53,54)34-20-18-33(19-21-34)46(51)52)25-38(57-36)31(8)43(49)32(9)44-37(55-10)17-14-16-26(3)22-28(5)41(47)35(13-2)42(48)29(6)23-27(4)24-40(56-11)45(50)58-44/h12,14-21,23-24,28-32,35-39,41-44,47-49H,13,22,25H2,1-11H3/b15-12+,17-14+,26-16+,27-23+,40-24-/t28-,29-,30-,31-,32+,35+,36-,37+,38-,39-,41+,42-,43+,44-/m1/s1. The predicted molar refractivity (Wildman–Crippen MR) is 228 cm³/mol. The van der Waals surface area contributed by atoms with Crippen LogP contribution < -0.4 is 0 Å². The molecule has 2 aliphatic heterocycles. The van der Waals surface area contributed by atoms with Crippen molar-refractivity contribution in [3.8, 4) is 0 Å². The Labute approximate surface area is 356 Å². The highest BCUT2D eigenvalue weighted by Gasteiger charge is 2.45. The summed E-state index contributed by atoms with van der Waals surface area (Å²) >= 11 is 0. The van der Waals surface area contributed by atoms with Gasteiger partial charge in [-0.3, -0.25) is 14.3 Å². The van der Waals surface area contributed by atoms with E-state index in [1.807, 2.05) is 46.8 Å². The molecule has 0 unspecified atom stereocenters. The number of esters is 1. The van der Waals surface area contributed by atoms with E-state index in [1.165, 1.54) is 20.3 Å². The number of carbonyl (C=O) groups is 1. The number of carbonyl (C=O) groups excluding carboxylic acids is 1. The van der Waals surface area contributed by atoms with Gasteiger partial charge in [-0.25, -0.2) is 4.79 Å². The van der Waals surface area contributed by atoms with Gasteiger partial charge in [0.15, 0.2) is 0 Å². The Morgan fingerprint density at radius 1 is 1.05 bits per heavy atom. The van der Waals surface area contributed by atoms with E-state index in [0.717, 1.165) is 29.8 Å². The van der Waals surface area contributed by atoms with Crippen molar-refractivity contribution in [2.24, 2.45) is 35.5 Å². The largest absolute Gasteiger partial charge is 0.490 e. The van der Waals surface area contributed by atoms with Crippen molar-refractivity contribution < 1.29 is 56.6 Å². The zero-order chi connectivity index (χ0) is 45.1. The maximum absolute atomic E-state index is 13.9. The molecule has 1 fully saturated rings. The van der Waals surface area contributed by atoms with Crippen LogP contribution in [-0.2, 0) is 38.0 Å². The third kappa shape index (κ3) is 13.2. The van der Waals surface area contributed by atoms with Crippen LogP contribution in [0.5, 0.6) is 0 Å². The van der Waals surface area contributed by atoms with Gasteiger partial charge in [0.2, 0.25) is 5.76 Å². The fourth-order valence-corrected chi connectivity index (χ4v) is 9.39. The molecule has 3 rings (SSSR count). The van der Waals surface area contributed by atoms with Gasteiger partial charge >= 0.3 is 5.97 Å². The zero-order valence-corrected chi connectivity index (χ0v) is 37.7. The van der Waals surface area contributed by atoms with Crippen molar-refractivity contribution in [1.82, 2.24) is 0 Å². The first kappa shape index (κ1) is 50.7. The SMILES string of the molecule is C/C=C/[C@H]1O[C@@H]([C@@H](C)[C@H](O)[C@H](C)[C@H]2OC(=O)/C(OC)=C/C(C)=C/[C@@H](C)[C@@H](O)[C@@H](CC)[C@@H](O)[C@H](C)C/C(C)=C/C=C/[C@@H]2OC)C[C@@H](OS(=O)(=O)c2ccc([N+](=O)[O-])cc2)[C@@H]1C. The first-order valence-corrected chi connectivity index (χ1v) is 22.1. The smallest absolute Gasteiger partial charge is 0.373 e. The van der Waals surface area contributed by atoms with Gasteiger partial charge in [0.25, 0.3) is 15.8 Å². The Morgan fingerprint density at radius 2 is 1.70 bits per heavy atom. The molecule has 2 aliphatic rings. The highest BCUT2D eigenvalue weighted by atomic mass is 32.2. The van der Waals surface area contributed by atoms with Crippen LogP contribution in [0, 0.1) is 45.6 Å². The lowest BCUT2D eigenvalue weighted by atomic mass is 9.79. The fourth-order valence-electron chi connectivity index (χ4n) is 8.23. The quantitative estimate of drug-likeness (QED) is 0.0638. The number of non-ortho nitro benzene ring substituents is 1. The maximum atomic E-state index is 13.9. The number of aliphatic hydroxyl groups excluding tert-OH is 3. The zero-order valence-electron chi connectivity index (χ0n) is 36.8. The van der Waals surface area contributed by atoms with Crippen LogP contribution in [0.2, 0.25) is 0 Å². The Kier molecular flexibility index (Phi) is 19.4. The van der Waals surface area contributed by atoms with E-state index in [4.69, 9.17) is 23.1 Å². The second kappa shape index (κ2) is 22.9. The monoisotopic (exact) mass is 861 g/mol. The van der Waals surface area contributed by atoms with Crippen molar-refractivity contribution in [2.75, 3.05) is 14.2 Å². The molecule has 2 heterocycles. The number of nitro benzene ring substituents is 1. The molecule has 0 aliphatic carbocycles. The summed E-state index contributed by atoms with van der Waals surface area (Å²) in [6.45, 7) is 16.6. The molecule has 1 aromatic rings. The minimum absolute atomic E-state index is 0.0793. The summed E-state index contributed by atoms with van der Waals surface area (Å²) in [5.74, 6) is -3.70. The number of hydrogen-bond donors (Lipinski definition) is 3. The molecule has 1 saturated heterocycles. The number of nitro groups is 1. The molecule has 60 heavy (non-hydrogen) atoms. The summed E-state index contributed by atoms with van der Waals surface area (Å²) in [5, 5.41) is 45.9. The number of benzene rings is 1. The van der Waals surface area contributed by atoms with Gasteiger partial charge < -0.3 is 34.3 Å². The lowest BCUT2D eigenvalue weighted by Gasteiger charge is -2.43. The summed E-state index contributed by atoms with van der Waals surface area (Å²) in [5.41, 5.74) is 1.33. The average molecular weight is 862 g/mol. The molecule has 14 nitrogen and oxygen atoms in total. The molecular weight excluding hydrogens is 795 g/mol. The van der Waals surface area contributed by atoms with Gasteiger partial charge in [0.1, 0.15) is 12.2 Å². The molecule has 0 aromatic heterocycles. The normalized spacial score (nSPS) is 35.2. The molecule has 3 N–H and O–H groups in total. The van der Waals surface area contributed by atoms with Crippen LogP contribution in [0.15, 0.2) is 88.6 Å². The second-order valence-electron chi connectivity index (χ2n) is 16.5. The maximum Gasteiger partial charge on any atom is 0.373 e. The minimum Gasteiger partial charge on any atom is -0.490 e. The molecule has 14 atom stereocenters. The summed E-state index contributed by atoms with van der Waals surface area (Å²) in [7, 11) is -1.54. The Hall–Kier alpha value is -3.70. The van der Waals surface area contributed by atoms with E-state index >= 15 is 0 Å². The van der Waals surface area contributed by atoms with Crippen LogP contribution >= 0.6 is 0 Å². The van der Waals surface area contributed by atoms with Gasteiger partial charge in [-0.15, -0.1) is 0 Å². The lowest BCUT2D eigenvalue weighted by Crippen LogP contribution is -2.51. The van der Waals surface area contributed by atoms with E-state index in [9.17, 15) is 38.6 Å². The number of hydrogen-bond acceptors (Lipinski definition) is 13. The first-order chi connectivity index (χ1) is 28.2. The lowest BCUT2D eigenvalue weighted by molar-refractivity contribution is -0.384. The van der Waals surface area contributed by atoms with Gasteiger partial charge in [0.05, 0.1) is 53.6 Å². The van der Waals surface area contributed by atoms with E-state index in [1.54, 1.807) is 52.0 Å². The van der Waals surface area contributed by atoms with Crippen molar-refractivity contribution in [3.63, 3.8) is 0 Å². The first-order valence-electron chi connectivity index (χ1n) is 20.7. The fraction of sp³-hybridized carbons (Fsp3) is 0.622. The third-order valence-electron chi connectivity index (χ3n) is 12.0. The average Bonchev–Trinajstić information content (AvgIpc) is 3.20. The molecule has 0 radical (unpaired) electrons. The molecule has 0 bridgehead atoms. The second-order valence-corrected chi connectivity index (χ2v) is 18.1. The number of cyclic esters (lactones) is 1. The molecule has 0 saturated carbocycles. The molecule has 15 heteroatoms. The van der Waals surface area contributed by atoms with Crippen LogP contribution in [0.1, 0.15) is 81.6 Å². The van der Waals surface area contributed by atoms with Crippen molar-refractivity contribution in [3.05, 3.63) is 93.8 Å². The van der Waals surface area contributed by atoms with Gasteiger partial charge in [-0.05, 0) is 57.7 Å². The number of nitrogens with zero attached hydrogens (tertiary/aromatic N) is 1. The van der Waals surface area contributed by atoms with E-state index < -0.39 is 87.6 Å². The van der Waals surface area contributed by atoms with Gasteiger partial charge in [-0.2, -0.15) is 8.42 Å². The topological polar surface area (TPSA) is 201 Å². The van der Waals surface area contributed by atoms with Crippen LogP contribution in [0.3, 0.4) is 0 Å². The highest BCUT2D eigenvalue weighted by molar-refractivity contribution is 7.86. The predicted octanol–water partition coefficient (Wildman–Crippen LogP) is 7.00. The van der Waals surface area contributed by atoms with E-state index in [0.29, 0.717) is 18.4 Å². The van der Waals surface area contributed by atoms with Crippen molar-refractivity contribution >= 4 is 21.8 Å². The molecule has 336 valence electrons. The number of allylic oxidation sites excluding steroid dienone is 6. The van der Waals surface area contributed by atoms with Gasteiger partial charge in [-0.1, -0.05) is 89.1 Å². The van der Waals surface area contributed by atoms with Crippen LogP contribution in [-0.4, -0.2) is 97.7 Å². The Balaban J connectivity index is 2.01. The van der Waals surface area contributed by atoms with Crippen molar-refractivity contribution in [1.29, 1.82) is 0 Å². The molecule has 0 amide bonds. The van der Waals surface area contributed by atoms with Crippen LogP contribution in [0.25, 0.3) is 0 Å². The van der Waals surface area contributed by atoms with Crippen LogP contribution in [0.4, 0.5) is 5.69 Å². The number of methoxy groups -OCH3 is 2. The minimum atomic E-state index is -4.35. The van der Waals surface area contributed by atoms with E-state index in [2.05, 4.69) is 0 Å². The summed E-state index contributed by atoms with van der Waals surface area (Å²) < 4.78 is 56.7.